The maximum absolute atomic E-state index is 11.7. The number of carbonyl (C=O) groups is 1. The highest BCUT2D eigenvalue weighted by molar-refractivity contribution is 6.53. The van der Waals surface area contributed by atoms with Gasteiger partial charge in [-0.05, 0) is 0 Å². The molecule has 0 aromatic rings. The van der Waals surface area contributed by atoms with Crippen molar-refractivity contribution in [2.75, 3.05) is 13.3 Å². The second-order valence-corrected chi connectivity index (χ2v) is 5.02. The highest BCUT2D eigenvalue weighted by Gasteiger charge is 2.74. The van der Waals surface area contributed by atoms with Crippen LogP contribution in [0.1, 0.15) is 13.8 Å². The molecule has 1 unspecified atom stereocenters. The number of carbonyl (C=O) groups excluding carboxylic acids is 1. The predicted molar refractivity (Wildman–Crippen MR) is 48.6 cm³/mol. The maximum Gasteiger partial charge on any atom is 0.312 e. The fourth-order valence-corrected chi connectivity index (χ4v) is 2.16. The fourth-order valence-electron chi connectivity index (χ4n) is 1.32. The normalized spacial score (nSPS) is 28.2. The van der Waals surface area contributed by atoms with Crippen LogP contribution in [0.3, 0.4) is 0 Å². The van der Waals surface area contributed by atoms with Crippen molar-refractivity contribution >= 4 is 29.2 Å². The summed E-state index contributed by atoms with van der Waals surface area (Å²) in [4.78, 5) is 11.2. The minimum Gasteiger partial charge on any atom is -0.463 e. The first-order valence-electron chi connectivity index (χ1n) is 3.96. The highest BCUT2D eigenvalue weighted by atomic mass is 35.5. The molecule has 1 saturated carbocycles. The summed E-state index contributed by atoms with van der Waals surface area (Å²) >= 11 is 11.7. The van der Waals surface area contributed by atoms with Gasteiger partial charge in [0.2, 0.25) is 0 Å². The van der Waals surface area contributed by atoms with Gasteiger partial charge in [0.05, 0.1) is 5.92 Å². The van der Waals surface area contributed by atoms with Crippen LogP contribution in [-0.2, 0) is 9.53 Å². The first-order valence-corrected chi connectivity index (χ1v) is 4.71. The molecule has 1 aliphatic carbocycles. The number of alkyl halides is 3. The van der Waals surface area contributed by atoms with Gasteiger partial charge in [-0.2, -0.15) is 0 Å². The quantitative estimate of drug-likeness (QED) is 0.548. The number of rotatable bonds is 3. The van der Waals surface area contributed by atoms with E-state index < -0.39 is 28.3 Å². The molecule has 1 aliphatic rings. The minimum absolute atomic E-state index is 0.227. The van der Waals surface area contributed by atoms with E-state index in [1.54, 1.807) is 13.8 Å². The van der Waals surface area contributed by atoms with E-state index >= 15 is 0 Å². The van der Waals surface area contributed by atoms with E-state index in [9.17, 15) is 9.18 Å². The van der Waals surface area contributed by atoms with Crippen LogP contribution in [0.15, 0.2) is 0 Å². The second-order valence-electron chi connectivity index (χ2n) is 3.63. The third kappa shape index (κ3) is 1.64. The van der Waals surface area contributed by atoms with Gasteiger partial charge >= 0.3 is 5.97 Å². The Kier molecular flexibility index (Phi) is 2.79. The van der Waals surface area contributed by atoms with Gasteiger partial charge in [0.1, 0.15) is 17.6 Å². The Hall–Kier alpha value is -0.0200. The number of hydrogen-bond donors (Lipinski definition) is 0. The molecule has 0 heterocycles. The van der Waals surface area contributed by atoms with Gasteiger partial charge in [0.25, 0.3) is 0 Å². The van der Waals surface area contributed by atoms with Crippen LogP contribution >= 0.6 is 23.2 Å². The standard InChI is InChI=1S/C8H11Cl2FO2/c1-7(2)5(8(7,9)10)6(12)13-4-3-11/h5H,3-4H2,1-2H3. The third-order valence-corrected chi connectivity index (χ3v) is 3.83. The summed E-state index contributed by atoms with van der Waals surface area (Å²) in [6.07, 6.45) is 0. The van der Waals surface area contributed by atoms with Crippen molar-refractivity contribution in [2.24, 2.45) is 11.3 Å². The largest absolute Gasteiger partial charge is 0.463 e. The molecule has 1 fully saturated rings. The van der Waals surface area contributed by atoms with Gasteiger partial charge in [-0.3, -0.25) is 4.79 Å². The van der Waals surface area contributed by atoms with E-state index in [4.69, 9.17) is 23.2 Å². The molecule has 5 heteroatoms. The third-order valence-electron chi connectivity index (χ3n) is 2.42. The topological polar surface area (TPSA) is 26.3 Å². The van der Waals surface area contributed by atoms with Crippen LogP contribution in [0, 0.1) is 11.3 Å². The number of hydrogen-bond acceptors (Lipinski definition) is 2. The Bertz CT molecular complexity index is 214. The Balaban J connectivity index is 2.53. The van der Waals surface area contributed by atoms with Crippen LogP contribution < -0.4 is 0 Å². The first kappa shape index (κ1) is 11.1. The van der Waals surface area contributed by atoms with E-state index in [0.29, 0.717) is 0 Å². The van der Waals surface area contributed by atoms with Crippen molar-refractivity contribution < 1.29 is 13.9 Å². The Morgan fingerprint density at radius 3 is 2.31 bits per heavy atom. The van der Waals surface area contributed by atoms with Crippen LogP contribution in [0.2, 0.25) is 0 Å². The molecule has 2 nitrogen and oxygen atoms in total. The number of esters is 1. The van der Waals surface area contributed by atoms with Crippen molar-refractivity contribution in [3.8, 4) is 0 Å². The molecular formula is C8H11Cl2FO2. The number of halogens is 3. The average molecular weight is 229 g/mol. The first-order chi connectivity index (χ1) is 5.85. The molecule has 13 heavy (non-hydrogen) atoms. The summed E-state index contributed by atoms with van der Waals surface area (Å²) in [5, 5.41) is 0. The van der Waals surface area contributed by atoms with Crippen LogP contribution in [0.25, 0.3) is 0 Å². The maximum atomic E-state index is 11.7. The SMILES string of the molecule is CC1(C)C(C(=O)OCCF)C1(Cl)Cl. The monoisotopic (exact) mass is 228 g/mol. The highest BCUT2D eigenvalue weighted by Crippen LogP contribution is 2.68. The van der Waals surface area contributed by atoms with Crippen molar-refractivity contribution in [2.45, 2.75) is 18.2 Å². The van der Waals surface area contributed by atoms with Gasteiger partial charge in [-0.1, -0.05) is 13.8 Å². The summed E-state index contributed by atoms with van der Waals surface area (Å²) < 4.78 is 15.2. The van der Waals surface area contributed by atoms with E-state index in [-0.39, 0.29) is 6.61 Å². The summed E-state index contributed by atoms with van der Waals surface area (Å²) in [7, 11) is 0. The molecule has 1 rings (SSSR count). The zero-order chi connectivity index (χ0) is 10.3. The summed E-state index contributed by atoms with van der Waals surface area (Å²) in [5.74, 6) is -1.07. The van der Waals surface area contributed by atoms with Gasteiger partial charge in [0.15, 0.2) is 0 Å². The summed E-state index contributed by atoms with van der Waals surface area (Å²) in [5.41, 5.74) is -0.483. The molecule has 0 spiro atoms. The van der Waals surface area contributed by atoms with Gasteiger partial charge in [-0.25, -0.2) is 4.39 Å². The molecule has 0 N–H and O–H groups in total. The van der Waals surface area contributed by atoms with E-state index in [2.05, 4.69) is 4.74 Å². The Labute approximate surface area is 86.3 Å². The lowest BCUT2D eigenvalue weighted by Crippen LogP contribution is -2.13. The lowest BCUT2D eigenvalue weighted by molar-refractivity contribution is -0.146. The van der Waals surface area contributed by atoms with Crippen molar-refractivity contribution in [3.63, 3.8) is 0 Å². The smallest absolute Gasteiger partial charge is 0.312 e. The van der Waals surface area contributed by atoms with Gasteiger partial charge in [-0.15, -0.1) is 23.2 Å². The molecule has 0 aliphatic heterocycles. The molecule has 0 bridgehead atoms. The lowest BCUT2D eigenvalue weighted by atomic mass is 10.1. The minimum atomic E-state index is -1.07. The average Bonchev–Trinajstić information content (AvgIpc) is 2.39. The molecule has 0 aromatic heterocycles. The van der Waals surface area contributed by atoms with Gasteiger partial charge < -0.3 is 4.74 Å². The number of ether oxygens (including phenoxy) is 1. The summed E-state index contributed by atoms with van der Waals surface area (Å²) in [6, 6.07) is 0. The van der Waals surface area contributed by atoms with E-state index in [1.165, 1.54) is 0 Å². The van der Waals surface area contributed by atoms with Crippen LogP contribution in [-0.4, -0.2) is 23.6 Å². The second kappa shape index (κ2) is 3.28. The van der Waals surface area contributed by atoms with Crippen molar-refractivity contribution in [1.82, 2.24) is 0 Å². The van der Waals surface area contributed by atoms with Gasteiger partial charge in [0, 0.05) is 5.41 Å². The lowest BCUT2D eigenvalue weighted by Gasteiger charge is -2.01. The predicted octanol–water partition coefficient (Wildman–Crippen LogP) is 2.33. The Morgan fingerprint density at radius 1 is 1.54 bits per heavy atom. The fraction of sp³-hybridized carbons (Fsp3) is 0.875. The molecule has 0 aromatic carbocycles. The molecule has 0 radical (unpaired) electrons. The molecular weight excluding hydrogens is 218 g/mol. The van der Waals surface area contributed by atoms with Crippen LogP contribution in [0.5, 0.6) is 0 Å². The van der Waals surface area contributed by atoms with Crippen LogP contribution in [0.4, 0.5) is 4.39 Å². The zero-order valence-electron chi connectivity index (χ0n) is 7.44. The molecule has 0 amide bonds. The van der Waals surface area contributed by atoms with E-state index in [1.807, 2.05) is 0 Å². The van der Waals surface area contributed by atoms with E-state index in [0.717, 1.165) is 0 Å². The summed E-state index contributed by atoms with van der Waals surface area (Å²) in [6.45, 7) is 2.63. The Morgan fingerprint density at radius 2 is 2.00 bits per heavy atom. The molecule has 0 saturated heterocycles. The zero-order valence-corrected chi connectivity index (χ0v) is 8.95. The van der Waals surface area contributed by atoms with Crippen molar-refractivity contribution in [1.29, 1.82) is 0 Å². The molecule has 1 atom stereocenters. The van der Waals surface area contributed by atoms with Crippen molar-refractivity contribution in [3.05, 3.63) is 0 Å². The molecule has 76 valence electrons.